The van der Waals surface area contributed by atoms with Gasteiger partial charge in [-0.15, -0.1) is 0 Å². The molecule has 1 saturated carbocycles. The lowest BCUT2D eigenvalue weighted by Crippen LogP contribution is -2.47. The van der Waals surface area contributed by atoms with Gasteiger partial charge in [0.15, 0.2) is 5.96 Å². The van der Waals surface area contributed by atoms with Crippen LogP contribution in [0.4, 0.5) is 0 Å². The van der Waals surface area contributed by atoms with Gasteiger partial charge >= 0.3 is 0 Å². The zero-order chi connectivity index (χ0) is 16.9. The third kappa shape index (κ3) is 5.95. The summed E-state index contributed by atoms with van der Waals surface area (Å²) in [4.78, 5) is 4.33. The number of rotatable bonds is 4. The second-order valence-corrected chi connectivity index (χ2v) is 9.15. The van der Waals surface area contributed by atoms with Crippen molar-refractivity contribution in [2.75, 3.05) is 32.9 Å². The van der Waals surface area contributed by atoms with Gasteiger partial charge in [-0.2, -0.15) is 0 Å². The first kappa shape index (κ1) is 18.5. The van der Waals surface area contributed by atoms with Gasteiger partial charge in [0.1, 0.15) is 0 Å². The standard InChI is InChI=1S/C16H32N4O2S/c1-13-5-4-6-15(11-13)19-16(17-2)18-12-14-7-9-20(10-8-14)23(3,21)22/h13-15H,4-12H2,1-3H3,(H2,17,18,19). The summed E-state index contributed by atoms with van der Waals surface area (Å²) in [7, 11) is -1.22. The number of nitrogens with zero attached hydrogens (tertiary/aromatic N) is 2. The van der Waals surface area contributed by atoms with Crippen LogP contribution in [-0.2, 0) is 10.0 Å². The van der Waals surface area contributed by atoms with Gasteiger partial charge in [-0.05, 0) is 37.5 Å². The van der Waals surface area contributed by atoms with E-state index in [1.165, 1.54) is 31.9 Å². The predicted octanol–water partition coefficient (Wildman–Crippen LogP) is 1.40. The zero-order valence-electron chi connectivity index (χ0n) is 14.7. The molecule has 0 aromatic heterocycles. The van der Waals surface area contributed by atoms with Gasteiger partial charge in [-0.3, -0.25) is 4.99 Å². The third-order valence-corrected chi connectivity index (χ3v) is 6.40. The summed E-state index contributed by atoms with van der Waals surface area (Å²) in [5.41, 5.74) is 0. The Kier molecular flexibility index (Phi) is 6.71. The van der Waals surface area contributed by atoms with E-state index in [0.29, 0.717) is 25.0 Å². The lowest BCUT2D eigenvalue weighted by atomic mass is 9.87. The molecule has 0 aromatic carbocycles. The van der Waals surface area contributed by atoms with Crippen molar-refractivity contribution in [1.82, 2.24) is 14.9 Å². The Balaban J connectivity index is 1.72. The SMILES string of the molecule is CN=C(NCC1CCN(S(C)(=O)=O)CC1)NC1CCCC(C)C1. The van der Waals surface area contributed by atoms with Gasteiger partial charge in [0, 0.05) is 32.7 Å². The number of aliphatic imine (C=N–C) groups is 1. The van der Waals surface area contributed by atoms with Crippen LogP contribution in [0, 0.1) is 11.8 Å². The molecular weight excluding hydrogens is 312 g/mol. The van der Waals surface area contributed by atoms with E-state index in [1.54, 1.807) is 4.31 Å². The highest BCUT2D eigenvalue weighted by Gasteiger charge is 2.25. The predicted molar refractivity (Wildman–Crippen MR) is 95.1 cm³/mol. The quantitative estimate of drug-likeness (QED) is 0.597. The Hall–Kier alpha value is -0.820. The van der Waals surface area contributed by atoms with E-state index < -0.39 is 10.0 Å². The molecule has 0 radical (unpaired) electrons. The Morgan fingerprint density at radius 3 is 2.48 bits per heavy atom. The summed E-state index contributed by atoms with van der Waals surface area (Å²) >= 11 is 0. The summed E-state index contributed by atoms with van der Waals surface area (Å²) in [5.74, 6) is 2.19. The molecule has 1 aliphatic heterocycles. The van der Waals surface area contributed by atoms with Gasteiger partial charge < -0.3 is 10.6 Å². The molecule has 23 heavy (non-hydrogen) atoms. The number of guanidine groups is 1. The summed E-state index contributed by atoms with van der Waals surface area (Å²) in [6.07, 6.45) is 8.19. The summed E-state index contributed by atoms with van der Waals surface area (Å²) in [6, 6.07) is 0.525. The lowest BCUT2D eigenvalue weighted by Gasteiger charge is -2.32. The Labute approximate surface area is 141 Å². The highest BCUT2D eigenvalue weighted by atomic mass is 32.2. The molecule has 6 nitrogen and oxygen atoms in total. The van der Waals surface area contributed by atoms with Gasteiger partial charge in [-0.25, -0.2) is 12.7 Å². The van der Waals surface area contributed by atoms with E-state index in [4.69, 9.17) is 0 Å². The van der Waals surface area contributed by atoms with Crippen LogP contribution in [-0.4, -0.2) is 57.7 Å². The summed E-state index contributed by atoms with van der Waals surface area (Å²) in [6.45, 7) is 4.45. The molecule has 2 unspecified atom stereocenters. The zero-order valence-corrected chi connectivity index (χ0v) is 15.5. The monoisotopic (exact) mass is 344 g/mol. The fraction of sp³-hybridized carbons (Fsp3) is 0.938. The minimum atomic E-state index is -3.03. The molecule has 2 fully saturated rings. The van der Waals surface area contributed by atoms with Crippen molar-refractivity contribution in [1.29, 1.82) is 0 Å². The molecule has 0 amide bonds. The second kappa shape index (κ2) is 8.33. The number of hydrogen-bond acceptors (Lipinski definition) is 3. The molecule has 0 spiro atoms. The molecule has 134 valence electrons. The van der Waals surface area contributed by atoms with Crippen LogP contribution in [0.5, 0.6) is 0 Å². The van der Waals surface area contributed by atoms with Crippen molar-refractivity contribution < 1.29 is 8.42 Å². The number of hydrogen-bond donors (Lipinski definition) is 2. The van der Waals surface area contributed by atoms with Gasteiger partial charge in [0.25, 0.3) is 0 Å². The first-order chi connectivity index (χ1) is 10.9. The first-order valence-corrected chi connectivity index (χ1v) is 10.7. The average molecular weight is 345 g/mol. The van der Waals surface area contributed by atoms with E-state index in [9.17, 15) is 8.42 Å². The molecule has 1 saturated heterocycles. The van der Waals surface area contributed by atoms with Crippen molar-refractivity contribution in [2.24, 2.45) is 16.8 Å². The molecule has 2 atom stereocenters. The molecule has 2 N–H and O–H groups in total. The maximum Gasteiger partial charge on any atom is 0.211 e. The molecule has 1 heterocycles. The Morgan fingerprint density at radius 2 is 1.91 bits per heavy atom. The van der Waals surface area contributed by atoms with Crippen LogP contribution >= 0.6 is 0 Å². The van der Waals surface area contributed by atoms with E-state index in [-0.39, 0.29) is 0 Å². The van der Waals surface area contributed by atoms with Crippen LogP contribution in [0.2, 0.25) is 0 Å². The molecule has 2 aliphatic rings. The molecule has 2 rings (SSSR count). The Morgan fingerprint density at radius 1 is 1.22 bits per heavy atom. The van der Waals surface area contributed by atoms with Crippen LogP contribution in [0.15, 0.2) is 4.99 Å². The lowest BCUT2D eigenvalue weighted by molar-refractivity contribution is 0.274. The van der Waals surface area contributed by atoms with Crippen LogP contribution in [0.3, 0.4) is 0 Å². The van der Waals surface area contributed by atoms with E-state index >= 15 is 0 Å². The molecule has 1 aliphatic carbocycles. The smallest absolute Gasteiger partial charge is 0.211 e. The van der Waals surface area contributed by atoms with Gasteiger partial charge in [-0.1, -0.05) is 19.8 Å². The largest absolute Gasteiger partial charge is 0.356 e. The maximum atomic E-state index is 11.5. The molecule has 7 heteroatoms. The van der Waals surface area contributed by atoms with Gasteiger partial charge in [0.2, 0.25) is 10.0 Å². The van der Waals surface area contributed by atoms with E-state index in [1.807, 2.05) is 7.05 Å². The van der Waals surface area contributed by atoms with Crippen molar-refractivity contribution in [3.8, 4) is 0 Å². The number of piperidine rings is 1. The van der Waals surface area contributed by atoms with E-state index in [0.717, 1.165) is 31.3 Å². The fourth-order valence-electron chi connectivity index (χ4n) is 3.64. The van der Waals surface area contributed by atoms with Crippen molar-refractivity contribution in [3.63, 3.8) is 0 Å². The van der Waals surface area contributed by atoms with E-state index in [2.05, 4.69) is 22.5 Å². The first-order valence-electron chi connectivity index (χ1n) is 8.80. The van der Waals surface area contributed by atoms with Crippen molar-refractivity contribution in [2.45, 2.75) is 51.5 Å². The fourth-order valence-corrected chi connectivity index (χ4v) is 4.51. The molecule has 0 aromatic rings. The van der Waals surface area contributed by atoms with Gasteiger partial charge in [0.05, 0.1) is 6.26 Å². The highest BCUT2D eigenvalue weighted by molar-refractivity contribution is 7.88. The number of nitrogens with one attached hydrogen (secondary N) is 2. The number of sulfonamides is 1. The maximum absolute atomic E-state index is 11.5. The average Bonchev–Trinajstić information content (AvgIpc) is 2.51. The third-order valence-electron chi connectivity index (χ3n) is 5.10. The van der Waals surface area contributed by atoms with Crippen LogP contribution in [0.25, 0.3) is 0 Å². The second-order valence-electron chi connectivity index (χ2n) is 7.17. The summed E-state index contributed by atoms with van der Waals surface area (Å²) in [5, 5.41) is 6.97. The minimum Gasteiger partial charge on any atom is -0.356 e. The summed E-state index contributed by atoms with van der Waals surface area (Å²) < 4.78 is 24.7. The molecule has 0 bridgehead atoms. The normalized spacial score (nSPS) is 28.6. The molecular formula is C16H32N4O2S. The van der Waals surface area contributed by atoms with Crippen LogP contribution < -0.4 is 10.6 Å². The van der Waals surface area contributed by atoms with Crippen LogP contribution in [0.1, 0.15) is 45.4 Å². The Bertz CT molecular complexity index is 498. The van der Waals surface area contributed by atoms with Crippen molar-refractivity contribution >= 4 is 16.0 Å². The highest BCUT2D eigenvalue weighted by Crippen LogP contribution is 2.23. The van der Waals surface area contributed by atoms with Crippen molar-refractivity contribution in [3.05, 3.63) is 0 Å². The minimum absolute atomic E-state index is 0.511. The topological polar surface area (TPSA) is 73.8 Å².